The Morgan fingerprint density at radius 1 is 1.20 bits per heavy atom. The van der Waals surface area contributed by atoms with E-state index in [0.29, 0.717) is 12.2 Å². The van der Waals surface area contributed by atoms with Crippen LogP contribution in [-0.4, -0.2) is 48.2 Å². The van der Waals surface area contributed by atoms with Gasteiger partial charge < -0.3 is 14.6 Å². The van der Waals surface area contributed by atoms with E-state index in [1.807, 2.05) is 71.1 Å². The number of carbonyl (C=O) groups is 2. The first kappa shape index (κ1) is 21.8. The van der Waals surface area contributed by atoms with Crippen molar-refractivity contribution in [2.45, 2.75) is 45.7 Å². The van der Waals surface area contributed by atoms with Crippen LogP contribution in [0.3, 0.4) is 0 Å². The van der Waals surface area contributed by atoms with Gasteiger partial charge in [0.15, 0.2) is 13.1 Å². The standard InChI is InChI=1S/C23H30N4O3/c1-16-8-10-17(11-9-16)18-13-19(20-7-6-12-30-20)27(25-18)22(29)15-26(5)14-21(28)24-23(2,3)4/h6-12,19H,13-15H2,1-5H3,(H,24,28)/p+1/t19-/m1/s1. The van der Waals surface area contributed by atoms with Crippen molar-refractivity contribution >= 4 is 17.5 Å². The van der Waals surface area contributed by atoms with Crippen LogP contribution in [0.5, 0.6) is 0 Å². The fourth-order valence-electron chi connectivity index (χ4n) is 3.50. The van der Waals surface area contributed by atoms with Crippen LogP contribution in [0.1, 0.15) is 50.1 Å². The summed E-state index contributed by atoms with van der Waals surface area (Å²) in [5.74, 6) is 0.484. The molecule has 7 nitrogen and oxygen atoms in total. The van der Waals surface area contributed by atoms with E-state index in [0.717, 1.165) is 16.2 Å². The van der Waals surface area contributed by atoms with Gasteiger partial charge >= 0.3 is 0 Å². The van der Waals surface area contributed by atoms with Gasteiger partial charge in [-0.3, -0.25) is 9.59 Å². The van der Waals surface area contributed by atoms with Crippen LogP contribution in [0.15, 0.2) is 52.2 Å². The Hall–Kier alpha value is -2.93. The lowest BCUT2D eigenvalue weighted by Crippen LogP contribution is -3.11. The lowest BCUT2D eigenvalue weighted by molar-refractivity contribution is -0.863. The Bertz CT molecular complexity index is 911. The molecule has 1 aromatic heterocycles. The highest BCUT2D eigenvalue weighted by Gasteiger charge is 2.36. The SMILES string of the molecule is Cc1ccc(C2=NN(C(=O)C[NH+](C)CC(=O)NC(C)(C)C)[C@@H](c3ccco3)C2)cc1. The monoisotopic (exact) mass is 411 g/mol. The first-order valence-electron chi connectivity index (χ1n) is 10.2. The fourth-order valence-corrected chi connectivity index (χ4v) is 3.50. The average molecular weight is 412 g/mol. The molecule has 1 aliphatic rings. The van der Waals surface area contributed by atoms with Crippen LogP contribution >= 0.6 is 0 Å². The molecule has 1 aromatic carbocycles. The number of nitrogens with one attached hydrogen (secondary N) is 2. The molecule has 1 unspecified atom stereocenters. The summed E-state index contributed by atoms with van der Waals surface area (Å²) < 4.78 is 5.59. The maximum absolute atomic E-state index is 13.1. The normalized spacial score (nSPS) is 17.6. The number of aryl methyl sites for hydroxylation is 1. The van der Waals surface area contributed by atoms with Crippen LogP contribution in [-0.2, 0) is 9.59 Å². The van der Waals surface area contributed by atoms with Crippen molar-refractivity contribution in [3.8, 4) is 0 Å². The molecule has 2 heterocycles. The van der Waals surface area contributed by atoms with Crippen molar-refractivity contribution in [2.24, 2.45) is 5.10 Å². The molecule has 7 heteroatoms. The number of hydrogen-bond acceptors (Lipinski definition) is 4. The highest BCUT2D eigenvalue weighted by Crippen LogP contribution is 2.32. The molecule has 30 heavy (non-hydrogen) atoms. The third-order valence-corrected chi connectivity index (χ3v) is 4.85. The second-order valence-corrected chi connectivity index (χ2v) is 9.00. The van der Waals surface area contributed by atoms with E-state index in [-0.39, 0.29) is 36.5 Å². The van der Waals surface area contributed by atoms with Crippen LogP contribution < -0.4 is 10.2 Å². The van der Waals surface area contributed by atoms with Gasteiger partial charge in [-0.25, -0.2) is 5.01 Å². The molecule has 2 aromatic rings. The molecular weight excluding hydrogens is 380 g/mol. The van der Waals surface area contributed by atoms with Crippen molar-refractivity contribution < 1.29 is 18.9 Å². The van der Waals surface area contributed by atoms with Crippen LogP contribution in [0.2, 0.25) is 0 Å². The molecule has 2 amide bonds. The third kappa shape index (κ3) is 5.57. The summed E-state index contributed by atoms with van der Waals surface area (Å²) in [4.78, 5) is 26.1. The number of rotatable bonds is 6. The molecule has 0 saturated carbocycles. The molecule has 0 fully saturated rings. The zero-order valence-electron chi connectivity index (χ0n) is 18.4. The van der Waals surface area contributed by atoms with Gasteiger partial charge in [0.2, 0.25) is 0 Å². The van der Waals surface area contributed by atoms with Crippen molar-refractivity contribution in [1.82, 2.24) is 10.3 Å². The fraction of sp³-hybridized carbons (Fsp3) is 0.435. The summed E-state index contributed by atoms with van der Waals surface area (Å²) in [7, 11) is 1.84. The molecular formula is C23H31N4O3+. The van der Waals surface area contributed by atoms with Gasteiger partial charge in [0.05, 0.1) is 19.0 Å². The van der Waals surface area contributed by atoms with Crippen molar-refractivity contribution in [2.75, 3.05) is 20.1 Å². The number of benzene rings is 1. The molecule has 3 rings (SSSR count). The Labute approximate surface area is 177 Å². The van der Waals surface area contributed by atoms with E-state index in [9.17, 15) is 9.59 Å². The van der Waals surface area contributed by atoms with Gasteiger partial charge in [0, 0.05) is 12.0 Å². The third-order valence-electron chi connectivity index (χ3n) is 4.85. The highest BCUT2D eigenvalue weighted by atomic mass is 16.3. The Kier molecular flexibility index (Phi) is 6.41. The van der Waals surface area contributed by atoms with E-state index in [4.69, 9.17) is 4.42 Å². The summed E-state index contributed by atoms with van der Waals surface area (Å²) in [5, 5.41) is 9.09. The van der Waals surface area contributed by atoms with Gasteiger partial charge in [-0.05, 0) is 45.4 Å². The van der Waals surface area contributed by atoms with Crippen molar-refractivity contribution in [1.29, 1.82) is 0 Å². The lowest BCUT2D eigenvalue weighted by Gasteiger charge is -2.23. The maximum atomic E-state index is 13.1. The molecule has 2 N–H and O–H groups in total. The number of hydrogen-bond donors (Lipinski definition) is 2. The number of likely N-dealkylation sites (N-methyl/N-ethyl adjacent to an activating group) is 1. The Morgan fingerprint density at radius 3 is 2.50 bits per heavy atom. The molecule has 0 saturated heterocycles. The zero-order valence-corrected chi connectivity index (χ0v) is 18.4. The minimum atomic E-state index is -0.298. The predicted octanol–water partition coefficient (Wildman–Crippen LogP) is 1.70. The van der Waals surface area contributed by atoms with Crippen molar-refractivity contribution in [3.05, 3.63) is 59.5 Å². The number of hydrazone groups is 1. The topological polar surface area (TPSA) is 79.3 Å². The Balaban J connectivity index is 1.73. The lowest BCUT2D eigenvalue weighted by atomic mass is 10.0. The van der Waals surface area contributed by atoms with Gasteiger partial charge in [-0.2, -0.15) is 5.10 Å². The first-order chi connectivity index (χ1) is 14.1. The van der Waals surface area contributed by atoms with Crippen LogP contribution in [0, 0.1) is 6.92 Å². The Morgan fingerprint density at radius 2 is 1.90 bits per heavy atom. The molecule has 0 radical (unpaired) electrons. The van der Waals surface area contributed by atoms with E-state index in [1.165, 1.54) is 10.6 Å². The largest absolute Gasteiger partial charge is 0.467 e. The predicted molar refractivity (Wildman–Crippen MR) is 115 cm³/mol. The highest BCUT2D eigenvalue weighted by molar-refractivity contribution is 6.03. The van der Waals surface area contributed by atoms with Gasteiger partial charge in [-0.15, -0.1) is 0 Å². The van der Waals surface area contributed by atoms with Crippen LogP contribution in [0.4, 0.5) is 0 Å². The molecule has 1 aliphatic heterocycles. The van der Waals surface area contributed by atoms with E-state index in [1.54, 1.807) is 6.26 Å². The number of quaternary nitrogens is 1. The minimum absolute atomic E-state index is 0.0827. The van der Waals surface area contributed by atoms with Gasteiger partial charge in [0.25, 0.3) is 11.8 Å². The van der Waals surface area contributed by atoms with Crippen LogP contribution in [0.25, 0.3) is 0 Å². The number of nitrogens with zero attached hydrogens (tertiary/aromatic N) is 2. The summed E-state index contributed by atoms with van der Waals surface area (Å²) in [6, 6.07) is 11.5. The quantitative estimate of drug-likeness (QED) is 0.759. The summed E-state index contributed by atoms with van der Waals surface area (Å²) in [5.41, 5.74) is 2.73. The average Bonchev–Trinajstić information content (AvgIpc) is 3.30. The smallest absolute Gasteiger partial charge is 0.298 e. The molecule has 2 atom stereocenters. The maximum Gasteiger partial charge on any atom is 0.298 e. The summed E-state index contributed by atoms with van der Waals surface area (Å²) >= 11 is 0. The number of amides is 2. The second kappa shape index (κ2) is 8.83. The van der Waals surface area contributed by atoms with Crippen molar-refractivity contribution in [3.63, 3.8) is 0 Å². The second-order valence-electron chi connectivity index (χ2n) is 9.00. The molecule has 0 aliphatic carbocycles. The van der Waals surface area contributed by atoms with Gasteiger partial charge in [-0.1, -0.05) is 29.8 Å². The van der Waals surface area contributed by atoms with E-state index >= 15 is 0 Å². The van der Waals surface area contributed by atoms with E-state index < -0.39 is 0 Å². The van der Waals surface area contributed by atoms with Gasteiger partial charge in [0.1, 0.15) is 11.8 Å². The first-order valence-corrected chi connectivity index (χ1v) is 10.2. The molecule has 0 bridgehead atoms. The number of carbonyl (C=O) groups excluding carboxylic acids is 2. The van der Waals surface area contributed by atoms with E-state index in [2.05, 4.69) is 10.4 Å². The summed E-state index contributed by atoms with van der Waals surface area (Å²) in [6.45, 7) is 8.23. The minimum Gasteiger partial charge on any atom is -0.467 e. The number of furan rings is 1. The molecule has 0 spiro atoms. The zero-order chi connectivity index (χ0) is 21.9. The summed E-state index contributed by atoms with van der Waals surface area (Å²) in [6.07, 6.45) is 2.20. The molecule has 160 valence electrons.